The Balaban J connectivity index is 1.84. The molecule has 1 atom stereocenters. The van der Waals surface area contributed by atoms with Crippen molar-refractivity contribution in [3.05, 3.63) is 29.3 Å². The van der Waals surface area contributed by atoms with Crippen molar-refractivity contribution in [3.8, 4) is 0 Å². The predicted octanol–water partition coefficient (Wildman–Crippen LogP) is 3.24. The summed E-state index contributed by atoms with van der Waals surface area (Å²) in [5.74, 6) is 0. The van der Waals surface area contributed by atoms with E-state index >= 15 is 0 Å². The van der Waals surface area contributed by atoms with Crippen molar-refractivity contribution >= 4 is 17.3 Å². The molecule has 1 aromatic rings. The summed E-state index contributed by atoms with van der Waals surface area (Å²) in [7, 11) is 0. The van der Waals surface area contributed by atoms with Crippen LogP contribution in [0.1, 0.15) is 26.7 Å². The smallest absolute Gasteiger partial charge is 0.0426 e. The van der Waals surface area contributed by atoms with Crippen LogP contribution in [-0.2, 0) is 0 Å². The van der Waals surface area contributed by atoms with Crippen LogP contribution in [0.3, 0.4) is 0 Å². The van der Waals surface area contributed by atoms with Crippen molar-refractivity contribution in [1.82, 2.24) is 10.2 Å². The van der Waals surface area contributed by atoms with Gasteiger partial charge in [0.1, 0.15) is 0 Å². The average Bonchev–Trinajstić information content (AvgIpc) is 2.52. The number of rotatable bonds is 7. The van der Waals surface area contributed by atoms with Crippen LogP contribution in [0.25, 0.3) is 0 Å². The summed E-state index contributed by atoms with van der Waals surface area (Å²) in [4.78, 5) is 5.07. The van der Waals surface area contributed by atoms with Crippen LogP contribution in [0.5, 0.6) is 0 Å². The summed E-state index contributed by atoms with van der Waals surface area (Å²) in [6.07, 6.45) is 2.42. The molecule has 1 saturated heterocycles. The molecule has 3 nitrogen and oxygen atoms in total. The minimum absolute atomic E-state index is 0.665. The van der Waals surface area contributed by atoms with Crippen molar-refractivity contribution in [1.29, 1.82) is 0 Å². The summed E-state index contributed by atoms with van der Waals surface area (Å²) >= 11 is 6.09. The first-order valence-corrected chi connectivity index (χ1v) is 8.57. The molecule has 0 aromatic heterocycles. The Morgan fingerprint density at radius 1 is 1.19 bits per heavy atom. The fourth-order valence-electron chi connectivity index (χ4n) is 3.00. The van der Waals surface area contributed by atoms with E-state index in [1.54, 1.807) is 0 Å². The zero-order chi connectivity index (χ0) is 15.1. The highest BCUT2D eigenvalue weighted by atomic mass is 35.5. The van der Waals surface area contributed by atoms with Crippen LogP contribution in [0.4, 0.5) is 5.69 Å². The Kier molecular flexibility index (Phi) is 6.81. The lowest BCUT2D eigenvalue weighted by atomic mass is 10.1. The van der Waals surface area contributed by atoms with Crippen molar-refractivity contribution in [2.45, 2.75) is 32.7 Å². The van der Waals surface area contributed by atoms with E-state index in [0.29, 0.717) is 6.04 Å². The molecule has 1 unspecified atom stereocenters. The maximum atomic E-state index is 6.09. The number of hydrogen-bond donors (Lipinski definition) is 1. The van der Waals surface area contributed by atoms with Crippen LogP contribution in [0.2, 0.25) is 5.02 Å². The summed E-state index contributed by atoms with van der Waals surface area (Å²) < 4.78 is 0. The molecular weight excluding hydrogens is 282 g/mol. The van der Waals surface area contributed by atoms with Gasteiger partial charge in [0.25, 0.3) is 0 Å². The largest absolute Gasteiger partial charge is 0.369 e. The maximum Gasteiger partial charge on any atom is 0.0426 e. The minimum atomic E-state index is 0.665. The summed E-state index contributed by atoms with van der Waals surface area (Å²) in [6.45, 7) is 11.2. The number of hydrogen-bond acceptors (Lipinski definition) is 3. The summed E-state index contributed by atoms with van der Waals surface area (Å²) in [5.41, 5.74) is 1.25. The zero-order valence-electron chi connectivity index (χ0n) is 13.3. The van der Waals surface area contributed by atoms with E-state index in [0.717, 1.165) is 44.3 Å². The molecule has 4 heteroatoms. The van der Waals surface area contributed by atoms with E-state index in [2.05, 4.69) is 41.1 Å². The first-order valence-electron chi connectivity index (χ1n) is 8.19. The maximum absolute atomic E-state index is 6.09. The van der Waals surface area contributed by atoms with Gasteiger partial charge in [-0.1, -0.05) is 31.5 Å². The second-order valence-corrected chi connectivity index (χ2v) is 6.21. The summed E-state index contributed by atoms with van der Waals surface area (Å²) in [6, 6.07) is 8.86. The Morgan fingerprint density at radius 3 is 2.57 bits per heavy atom. The van der Waals surface area contributed by atoms with Gasteiger partial charge in [-0.2, -0.15) is 0 Å². The monoisotopic (exact) mass is 309 g/mol. The summed E-state index contributed by atoms with van der Waals surface area (Å²) in [5, 5.41) is 4.39. The Morgan fingerprint density at radius 2 is 1.95 bits per heavy atom. The van der Waals surface area contributed by atoms with Crippen LogP contribution in [-0.4, -0.2) is 50.2 Å². The van der Waals surface area contributed by atoms with E-state index in [4.69, 9.17) is 11.6 Å². The molecule has 21 heavy (non-hydrogen) atoms. The number of halogens is 1. The normalized spacial score (nSPS) is 18.0. The molecule has 0 saturated carbocycles. The molecule has 0 amide bonds. The van der Waals surface area contributed by atoms with Gasteiger partial charge in [0, 0.05) is 49.5 Å². The van der Waals surface area contributed by atoms with Crippen molar-refractivity contribution < 1.29 is 0 Å². The third kappa shape index (κ3) is 4.87. The number of benzene rings is 1. The number of piperazine rings is 1. The lowest BCUT2D eigenvalue weighted by Crippen LogP contribution is -2.52. The SMILES string of the molecule is CCCNCC(CC)N1CCN(c2cccc(Cl)c2)CC1. The van der Waals surface area contributed by atoms with Gasteiger partial charge in [-0.25, -0.2) is 0 Å². The van der Waals surface area contributed by atoms with Gasteiger partial charge < -0.3 is 10.2 Å². The fraction of sp³-hybridized carbons (Fsp3) is 0.647. The Labute approximate surface area is 134 Å². The highest BCUT2D eigenvalue weighted by molar-refractivity contribution is 6.30. The predicted molar refractivity (Wildman–Crippen MR) is 92.5 cm³/mol. The first-order chi connectivity index (χ1) is 10.2. The van der Waals surface area contributed by atoms with Crippen LogP contribution in [0, 0.1) is 0 Å². The topological polar surface area (TPSA) is 18.5 Å². The van der Waals surface area contributed by atoms with Gasteiger partial charge in [0.05, 0.1) is 0 Å². The molecule has 118 valence electrons. The van der Waals surface area contributed by atoms with E-state index in [1.807, 2.05) is 12.1 Å². The van der Waals surface area contributed by atoms with Gasteiger partial charge in [0.2, 0.25) is 0 Å². The Hall–Kier alpha value is -0.770. The van der Waals surface area contributed by atoms with Crippen LogP contribution in [0.15, 0.2) is 24.3 Å². The second kappa shape index (κ2) is 8.62. The average molecular weight is 310 g/mol. The van der Waals surface area contributed by atoms with Gasteiger partial charge in [-0.15, -0.1) is 0 Å². The molecule has 0 bridgehead atoms. The van der Waals surface area contributed by atoms with Crippen molar-refractivity contribution in [2.24, 2.45) is 0 Å². The van der Waals surface area contributed by atoms with Gasteiger partial charge in [-0.3, -0.25) is 4.90 Å². The lowest BCUT2D eigenvalue weighted by Gasteiger charge is -2.40. The molecule has 0 aliphatic carbocycles. The standard InChI is InChI=1S/C17H28ClN3/c1-3-8-19-14-16(4-2)20-9-11-21(12-10-20)17-7-5-6-15(18)13-17/h5-7,13,16,19H,3-4,8-12,14H2,1-2H3. The lowest BCUT2D eigenvalue weighted by molar-refractivity contribution is 0.176. The second-order valence-electron chi connectivity index (χ2n) is 5.77. The molecule has 1 N–H and O–H groups in total. The highest BCUT2D eigenvalue weighted by Crippen LogP contribution is 2.21. The fourth-order valence-corrected chi connectivity index (χ4v) is 3.18. The molecule has 1 fully saturated rings. The van der Waals surface area contributed by atoms with Crippen LogP contribution >= 0.6 is 11.6 Å². The molecule has 1 aliphatic rings. The van der Waals surface area contributed by atoms with E-state index in [9.17, 15) is 0 Å². The van der Waals surface area contributed by atoms with Crippen molar-refractivity contribution in [2.75, 3.05) is 44.2 Å². The van der Waals surface area contributed by atoms with Gasteiger partial charge >= 0.3 is 0 Å². The minimum Gasteiger partial charge on any atom is -0.369 e. The molecule has 1 aromatic carbocycles. The van der Waals surface area contributed by atoms with Gasteiger partial charge in [0.15, 0.2) is 0 Å². The first kappa shape index (κ1) is 16.6. The zero-order valence-corrected chi connectivity index (χ0v) is 14.1. The number of nitrogens with one attached hydrogen (secondary N) is 1. The van der Waals surface area contributed by atoms with E-state index < -0.39 is 0 Å². The van der Waals surface area contributed by atoms with Gasteiger partial charge in [-0.05, 0) is 37.6 Å². The van der Waals surface area contributed by atoms with E-state index in [1.165, 1.54) is 18.5 Å². The molecule has 0 radical (unpaired) electrons. The van der Waals surface area contributed by atoms with E-state index in [-0.39, 0.29) is 0 Å². The number of anilines is 1. The number of nitrogens with zero attached hydrogens (tertiary/aromatic N) is 2. The third-order valence-corrected chi connectivity index (χ3v) is 4.52. The molecular formula is C17H28ClN3. The third-order valence-electron chi connectivity index (χ3n) is 4.28. The molecule has 1 aliphatic heterocycles. The van der Waals surface area contributed by atoms with Crippen LogP contribution < -0.4 is 10.2 Å². The molecule has 1 heterocycles. The molecule has 2 rings (SSSR count). The quantitative estimate of drug-likeness (QED) is 0.780. The Bertz CT molecular complexity index is 416. The highest BCUT2D eigenvalue weighted by Gasteiger charge is 2.22. The van der Waals surface area contributed by atoms with Crippen molar-refractivity contribution in [3.63, 3.8) is 0 Å². The molecule has 0 spiro atoms.